The molecule has 1 saturated carbocycles. The number of nitrogens with two attached hydrogens (primary N) is 1. The highest BCUT2D eigenvalue weighted by Gasteiger charge is 2.51. The third-order valence-corrected chi connectivity index (χ3v) is 3.55. The number of halogens is 1. The first kappa shape index (κ1) is 9.66. The van der Waals surface area contributed by atoms with Gasteiger partial charge >= 0.3 is 0 Å². The first-order valence-corrected chi connectivity index (χ1v) is 5.07. The Hall–Kier alpha value is -0.890. The van der Waals surface area contributed by atoms with Gasteiger partial charge in [-0.2, -0.15) is 0 Å². The monoisotopic (exact) mass is 193 g/mol. The number of rotatable bonds is 2. The van der Waals surface area contributed by atoms with E-state index < -0.39 is 0 Å². The topological polar surface area (TPSA) is 26.0 Å². The Bertz CT molecular complexity index is 357. The van der Waals surface area contributed by atoms with E-state index in [-0.39, 0.29) is 11.2 Å². The highest BCUT2D eigenvalue weighted by Crippen LogP contribution is 2.53. The predicted octanol–water partition coefficient (Wildman–Crippen LogP) is 2.37. The molecule has 2 atom stereocenters. The molecule has 14 heavy (non-hydrogen) atoms. The maximum atomic E-state index is 13.1. The van der Waals surface area contributed by atoms with Crippen LogP contribution in [0.4, 0.5) is 4.39 Å². The lowest BCUT2D eigenvalue weighted by molar-refractivity contribution is 0.607. The van der Waals surface area contributed by atoms with Crippen molar-refractivity contribution in [2.24, 2.45) is 11.7 Å². The van der Waals surface area contributed by atoms with Crippen LogP contribution in [-0.4, -0.2) is 6.54 Å². The number of benzene rings is 1. The number of hydrogen-bond donors (Lipinski definition) is 1. The molecular weight excluding hydrogens is 177 g/mol. The van der Waals surface area contributed by atoms with Crippen LogP contribution >= 0.6 is 0 Å². The minimum atomic E-state index is -0.130. The van der Waals surface area contributed by atoms with Gasteiger partial charge in [-0.05, 0) is 36.5 Å². The molecule has 76 valence electrons. The molecule has 2 rings (SSSR count). The third-order valence-electron chi connectivity index (χ3n) is 3.55. The summed E-state index contributed by atoms with van der Waals surface area (Å²) < 4.78 is 13.1. The molecule has 0 bridgehead atoms. The lowest BCUT2D eigenvalue weighted by Crippen LogP contribution is -2.22. The van der Waals surface area contributed by atoms with Crippen molar-refractivity contribution >= 4 is 0 Å². The van der Waals surface area contributed by atoms with Crippen LogP contribution in [-0.2, 0) is 5.41 Å². The van der Waals surface area contributed by atoms with E-state index in [2.05, 4.69) is 6.92 Å². The molecule has 1 aromatic carbocycles. The first-order valence-electron chi connectivity index (χ1n) is 5.07. The van der Waals surface area contributed by atoms with E-state index in [1.807, 2.05) is 12.1 Å². The Kier molecular flexibility index (Phi) is 2.11. The van der Waals surface area contributed by atoms with Crippen LogP contribution in [0.1, 0.15) is 24.5 Å². The minimum Gasteiger partial charge on any atom is -0.330 e. The zero-order valence-corrected chi connectivity index (χ0v) is 8.68. The van der Waals surface area contributed by atoms with E-state index in [9.17, 15) is 4.39 Å². The number of aryl methyl sites for hydroxylation is 1. The smallest absolute Gasteiger partial charge is 0.126 e. The Morgan fingerprint density at radius 3 is 2.64 bits per heavy atom. The van der Waals surface area contributed by atoms with Crippen molar-refractivity contribution in [3.63, 3.8) is 0 Å². The summed E-state index contributed by atoms with van der Waals surface area (Å²) in [5.41, 5.74) is 7.84. The van der Waals surface area contributed by atoms with Crippen molar-refractivity contribution in [1.29, 1.82) is 0 Å². The second-order valence-electron chi connectivity index (χ2n) is 4.43. The molecule has 1 aliphatic rings. The van der Waals surface area contributed by atoms with Crippen LogP contribution in [0.5, 0.6) is 0 Å². The molecule has 2 unspecified atom stereocenters. The van der Waals surface area contributed by atoms with Crippen LogP contribution in [0.3, 0.4) is 0 Å². The van der Waals surface area contributed by atoms with Gasteiger partial charge in [-0.1, -0.05) is 19.1 Å². The first-order chi connectivity index (χ1) is 6.60. The van der Waals surface area contributed by atoms with Crippen molar-refractivity contribution < 1.29 is 4.39 Å². The molecule has 0 saturated heterocycles. The summed E-state index contributed by atoms with van der Waals surface area (Å²) in [6, 6.07) is 5.36. The highest BCUT2D eigenvalue weighted by atomic mass is 19.1. The SMILES string of the molecule is Cc1cc(C2(CN)CC2C)ccc1F. The molecule has 1 aromatic rings. The summed E-state index contributed by atoms with van der Waals surface area (Å²) in [4.78, 5) is 0. The van der Waals surface area contributed by atoms with Gasteiger partial charge in [-0.3, -0.25) is 0 Å². The standard InChI is InChI=1S/C12H16FN/c1-8-5-10(3-4-11(8)13)12(7-14)6-9(12)2/h3-5,9H,6-7,14H2,1-2H3. The molecule has 0 spiro atoms. The molecule has 1 fully saturated rings. The molecule has 0 heterocycles. The van der Waals surface area contributed by atoms with E-state index in [4.69, 9.17) is 5.73 Å². The zero-order valence-electron chi connectivity index (χ0n) is 8.68. The molecule has 2 N–H and O–H groups in total. The highest BCUT2D eigenvalue weighted by molar-refractivity contribution is 5.36. The largest absolute Gasteiger partial charge is 0.330 e. The van der Waals surface area contributed by atoms with Gasteiger partial charge < -0.3 is 5.73 Å². The van der Waals surface area contributed by atoms with Crippen LogP contribution < -0.4 is 5.73 Å². The third kappa shape index (κ3) is 1.25. The summed E-state index contributed by atoms with van der Waals surface area (Å²) in [6.45, 7) is 4.67. The van der Waals surface area contributed by atoms with Crippen molar-refractivity contribution in [1.82, 2.24) is 0 Å². The van der Waals surface area contributed by atoms with Crippen molar-refractivity contribution in [3.8, 4) is 0 Å². The van der Waals surface area contributed by atoms with Crippen molar-refractivity contribution in [2.45, 2.75) is 25.7 Å². The van der Waals surface area contributed by atoms with Crippen LogP contribution in [0.15, 0.2) is 18.2 Å². The average Bonchev–Trinajstić information content (AvgIpc) is 2.83. The molecule has 0 aromatic heterocycles. The Morgan fingerprint density at radius 1 is 1.57 bits per heavy atom. The summed E-state index contributed by atoms with van der Waals surface area (Å²) in [5.74, 6) is 0.506. The molecule has 0 amide bonds. The van der Waals surface area contributed by atoms with Crippen molar-refractivity contribution in [2.75, 3.05) is 6.54 Å². The lowest BCUT2D eigenvalue weighted by Gasteiger charge is -2.15. The van der Waals surface area contributed by atoms with E-state index in [1.165, 1.54) is 5.56 Å². The predicted molar refractivity (Wildman–Crippen MR) is 55.7 cm³/mol. The Morgan fingerprint density at radius 2 is 2.21 bits per heavy atom. The lowest BCUT2D eigenvalue weighted by atomic mass is 9.92. The van der Waals surface area contributed by atoms with Gasteiger partial charge in [0.2, 0.25) is 0 Å². The molecule has 2 heteroatoms. The molecule has 1 aliphatic carbocycles. The van der Waals surface area contributed by atoms with Gasteiger partial charge in [0.05, 0.1) is 0 Å². The van der Waals surface area contributed by atoms with Crippen LogP contribution in [0.2, 0.25) is 0 Å². The molecule has 0 radical (unpaired) electrons. The van der Waals surface area contributed by atoms with Gasteiger partial charge in [0.15, 0.2) is 0 Å². The second kappa shape index (κ2) is 3.06. The molecule has 0 aliphatic heterocycles. The fourth-order valence-corrected chi connectivity index (χ4v) is 2.25. The molecule has 1 nitrogen and oxygen atoms in total. The van der Waals surface area contributed by atoms with Gasteiger partial charge in [0.1, 0.15) is 5.82 Å². The normalized spacial score (nSPS) is 30.4. The van der Waals surface area contributed by atoms with E-state index in [0.717, 1.165) is 12.0 Å². The average molecular weight is 193 g/mol. The quantitative estimate of drug-likeness (QED) is 0.766. The minimum absolute atomic E-state index is 0.130. The summed E-state index contributed by atoms with van der Waals surface area (Å²) >= 11 is 0. The van der Waals surface area contributed by atoms with E-state index in [1.54, 1.807) is 13.0 Å². The van der Waals surface area contributed by atoms with E-state index in [0.29, 0.717) is 12.5 Å². The summed E-state index contributed by atoms with van der Waals surface area (Å²) in [7, 11) is 0. The van der Waals surface area contributed by atoms with Gasteiger partial charge in [-0.15, -0.1) is 0 Å². The van der Waals surface area contributed by atoms with Crippen LogP contribution in [0.25, 0.3) is 0 Å². The molecular formula is C12H16FN. The van der Waals surface area contributed by atoms with Gasteiger partial charge in [0, 0.05) is 12.0 Å². The van der Waals surface area contributed by atoms with Crippen molar-refractivity contribution in [3.05, 3.63) is 35.1 Å². The fourth-order valence-electron chi connectivity index (χ4n) is 2.25. The maximum absolute atomic E-state index is 13.1. The van der Waals surface area contributed by atoms with E-state index >= 15 is 0 Å². The number of hydrogen-bond acceptors (Lipinski definition) is 1. The Labute approximate surface area is 84.1 Å². The van der Waals surface area contributed by atoms with Crippen LogP contribution in [0, 0.1) is 18.7 Å². The summed E-state index contributed by atoms with van der Waals surface area (Å²) in [5, 5.41) is 0. The summed E-state index contributed by atoms with van der Waals surface area (Å²) in [6.07, 6.45) is 1.13. The van der Waals surface area contributed by atoms with Gasteiger partial charge in [0.25, 0.3) is 0 Å². The van der Waals surface area contributed by atoms with Gasteiger partial charge in [-0.25, -0.2) is 4.39 Å². The maximum Gasteiger partial charge on any atom is 0.126 e. The Balaban J connectivity index is 2.38. The second-order valence-corrected chi connectivity index (χ2v) is 4.43. The zero-order chi connectivity index (χ0) is 10.3. The fraction of sp³-hybridized carbons (Fsp3) is 0.500.